The normalized spacial score (nSPS) is 19.7. The molecule has 6 heteroatoms. The summed E-state index contributed by atoms with van der Waals surface area (Å²) in [6.07, 6.45) is -0.942. The first kappa shape index (κ1) is 19.7. The van der Waals surface area contributed by atoms with Gasteiger partial charge in [-0.25, -0.2) is 0 Å². The Hall–Kier alpha value is -3.04. The highest BCUT2D eigenvalue weighted by molar-refractivity contribution is 5.76. The maximum atomic E-state index is 12.5. The molecule has 0 aromatic heterocycles. The predicted octanol–water partition coefficient (Wildman–Crippen LogP) is 3.42. The highest BCUT2D eigenvalue weighted by atomic mass is 16.5. The molecule has 28 heavy (non-hydrogen) atoms. The lowest BCUT2D eigenvalue weighted by Crippen LogP contribution is -2.58. The Morgan fingerprint density at radius 1 is 1.25 bits per heavy atom. The Morgan fingerprint density at radius 3 is 2.50 bits per heavy atom. The van der Waals surface area contributed by atoms with Gasteiger partial charge in [0.2, 0.25) is 5.91 Å². The summed E-state index contributed by atoms with van der Waals surface area (Å²) in [6, 6.07) is 16.2. The smallest absolute Gasteiger partial charge is 0.237 e. The summed E-state index contributed by atoms with van der Waals surface area (Å²) < 4.78 is 6.03. The second-order valence-corrected chi connectivity index (χ2v) is 7.37. The van der Waals surface area contributed by atoms with Crippen LogP contribution in [0.4, 0.5) is 5.69 Å². The monoisotopic (exact) mass is 379 g/mol. The largest absolute Gasteiger partial charge is 0.485 e. The summed E-state index contributed by atoms with van der Waals surface area (Å²) in [5.41, 5.74) is 1.04. The van der Waals surface area contributed by atoms with Crippen LogP contribution in [0, 0.1) is 11.3 Å². The van der Waals surface area contributed by atoms with Crippen molar-refractivity contribution in [3.05, 3.63) is 59.7 Å². The van der Waals surface area contributed by atoms with Crippen molar-refractivity contribution in [1.29, 1.82) is 5.26 Å². The lowest BCUT2D eigenvalue weighted by Gasteiger charge is -2.49. The molecule has 2 aromatic carbocycles. The van der Waals surface area contributed by atoms with E-state index in [4.69, 9.17) is 4.74 Å². The molecule has 146 valence electrons. The lowest BCUT2D eigenvalue weighted by atomic mass is 9.85. The van der Waals surface area contributed by atoms with Gasteiger partial charge in [-0.2, -0.15) is 5.26 Å². The van der Waals surface area contributed by atoms with Crippen molar-refractivity contribution in [3.63, 3.8) is 0 Å². The van der Waals surface area contributed by atoms with Crippen molar-refractivity contribution in [2.45, 2.75) is 45.4 Å². The number of rotatable bonds is 4. The highest BCUT2D eigenvalue weighted by Crippen LogP contribution is 2.45. The Labute approximate surface area is 165 Å². The highest BCUT2D eigenvalue weighted by Gasteiger charge is 2.47. The molecule has 2 atom stereocenters. The maximum Gasteiger partial charge on any atom is 0.237 e. The third-order valence-corrected chi connectivity index (χ3v) is 5.05. The average molecular weight is 379 g/mol. The van der Waals surface area contributed by atoms with E-state index in [1.165, 1.54) is 6.92 Å². The van der Waals surface area contributed by atoms with Crippen molar-refractivity contribution in [2.75, 3.05) is 11.6 Å². The number of aliphatic hydroxyl groups excluding tert-OH is 1. The van der Waals surface area contributed by atoms with Crippen LogP contribution in [-0.2, 0) is 4.79 Å². The number of amides is 1. The van der Waals surface area contributed by atoms with E-state index in [0.717, 1.165) is 5.69 Å². The van der Waals surface area contributed by atoms with Gasteiger partial charge in [0.05, 0.1) is 17.3 Å². The minimum Gasteiger partial charge on any atom is -0.485 e. The van der Waals surface area contributed by atoms with Crippen LogP contribution in [0.3, 0.4) is 0 Å². The van der Waals surface area contributed by atoms with Gasteiger partial charge in [0.25, 0.3) is 0 Å². The molecule has 2 aromatic rings. The van der Waals surface area contributed by atoms with Crippen LogP contribution in [0.5, 0.6) is 5.75 Å². The van der Waals surface area contributed by atoms with Crippen molar-refractivity contribution >= 4 is 11.6 Å². The number of fused-ring (bicyclic) bond motifs is 1. The number of hydrogen-bond donors (Lipinski definition) is 1. The van der Waals surface area contributed by atoms with Gasteiger partial charge < -0.3 is 9.84 Å². The zero-order chi connectivity index (χ0) is 20.5. The Balaban J connectivity index is 2.26. The summed E-state index contributed by atoms with van der Waals surface area (Å²) >= 11 is 0. The zero-order valence-corrected chi connectivity index (χ0v) is 16.6. The fourth-order valence-electron chi connectivity index (χ4n) is 3.66. The molecule has 1 N–H and O–H groups in total. The van der Waals surface area contributed by atoms with Gasteiger partial charge in [-0.3, -0.25) is 14.8 Å². The number of carbonyl (C=O) groups is 1. The first-order valence-corrected chi connectivity index (χ1v) is 9.33. The SMILES string of the molecule is CCN(C(C)=O)N(c1ccccc1)C1c2cc(C#N)ccc2OC(C)(C)C1O. The van der Waals surface area contributed by atoms with E-state index in [1.54, 1.807) is 23.2 Å². The number of anilines is 1. The van der Waals surface area contributed by atoms with Gasteiger partial charge in [-0.1, -0.05) is 18.2 Å². The van der Waals surface area contributed by atoms with E-state index in [9.17, 15) is 15.2 Å². The van der Waals surface area contributed by atoms with Crippen LogP contribution in [0.1, 0.15) is 44.9 Å². The molecular formula is C22H25N3O3. The predicted molar refractivity (Wildman–Crippen MR) is 107 cm³/mol. The molecule has 1 aliphatic rings. The number of nitrogens with zero attached hydrogens (tertiary/aromatic N) is 3. The minimum absolute atomic E-state index is 0.138. The summed E-state index contributed by atoms with van der Waals surface area (Å²) in [5, 5.41) is 24.1. The van der Waals surface area contributed by atoms with E-state index < -0.39 is 17.7 Å². The van der Waals surface area contributed by atoms with Crippen LogP contribution in [-0.4, -0.2) is 34.3 Å². The quantitative estimate of drug-likeness (QED) is 0.824. The Morgan fingerprint density at radius 2 is 1.93 bits per heavy atom. The van der Waals surface area contributed by atoms with E-state index >= 15 is 0 Å². The number of nitriles is 1. The number of para-hydroxylation sites is 1. The molecular weight excluding hydrogens is 354 g/mol. The van der Waals surface area contributed by atoms with E-state index in [1.807, 2.05) is 56.1 Å². The van der Waals surface area contributed by atoms with Gasteiger partial charge in [0.15, 0.2) is 0 Å². The number of benzene rings is 2. The molecule has 0 saturated heterocycles. The lowest BCUT2D eigenvalue weighted by molar-refractivity contribution is -0.131. The van der Waals surface area contributed by atoms with Crippen molar-refractivity contribution < 1.29 is 14.6 Å². The second kappa shape index (κ2) is 7.53. The fraction of sp³-hybridized carbons (Fsp3) is 0.364. The van der Waals surface area contributed by atoms with Gasteiger partial charge in [-0.15, -0.1) is 0 Å². The number of ether oxygens (including phenoxy) is 1. The average Bonchev–Trinajstić information content (AvgIpc) is 2.67. The minimum atomic E-state index is -0.942. The third kappa shape index (κ3) is 3.41. The van der Waals surface area contributed by atoms with Crippen molar-refractivity contribution in [3.8, 4) is 11.8 Å². The third-order valence-electron chi connectivity index (χ3n) is 5.05. The van der Waals surface area contributed by atoms with Gasteiger partial charge in [0, 0.05) is 19.0 Å². The van der Waals surface area contributed by atoms with E-state index in [2.05, 4.69) is 6.07 Å². The summed E-state index contributed by atoms with van der Waals surface area (Å²) in [5.74, 6) is 0.459. The molecule has 0 fully saturated rings. The molecule has 6 nitrogen and oxygen atoms in total. The standard InChI is InChI=1S/C22H25N3O3/c1-5-24(15(2)26)25(17-9-7-6-8-10-17)20-18-13-16(14-23)11-12-19(18)28-22(3,4)21(20)27/h6-13,20-21,27H,5H2,1-4H3. The summed E-state index contributed by atoms with van der Waals surface area (Å²) in [7, 11) is 0. The van der Waals surface area contributed by atoms with Crippen LogP contribution < -0.4 is 9.75 Å². The number of hydrazine groups is 1. The molecule has 0 radical (unpaired) electrons. The van der Waals surface area contributed by atoms with Crippen LogP contribution in [0.15, 0.2) is 48.5 Å². The molecule has 2 unspecified atom stereocenters. The number of aliphatic hydroxyl groups is 1. The molecule has 0 aliphatic carbocycles. The first-order valence-electron chi connectivity index (χ1n) is 9.33. The second-order valence-electron chi connectivity index (χ2n) is 7.37. The molecule has 3 rings (SSSR count). The van der Waals surface area contributed by atoms with Gasteiger partial charge in [0.1, 0.15) is 23.5 Å². The Bertz CT molecular complexity index is 905. The molecule has 0 spiro atoms. The summed E-state index contributed by atoms with van der Waals surface area (Å²) in [4.78, 5) is 12.5. The zero-order valence-electron chi connectivity index (χ0n) is 16.6. The first-order chi connectivity index (χ1) is 13.3. The van der Waals surface area contributed by atoms with Crippen LogP contribution in [0.25, 0.3) is 0 Å². The molecule has 1 heterocycles. The molecule has 0 bridgehead atoms. The number of hydrogen-bond acceptors (Lipinski definition) is 5. The van der Waals surface area contributed by atoms with E-state index in [0.29, 0.717) is 23.4 Å². The fourth-order valence-corrected chi connectivity index (χ4v) is 3.66. The molecule has 1 amide bonds. The van der Waals surface area contributed by atoms with Gasteiger partial charge >= 0.3 is 0 Å². The topological polar surface area (TPSA) is 76.8 Å². The number of carbonyl (C=O) groups excluding carboxylic acids is 1. The Kier molecular flexibility index (Phi) is 5.30. The van der Waals surface area contributed by atoms with Gasteiger partial charge in [-0.05, 0) is 51.1 Å². The van der Waals surface area contributed by atoms with Crippen LogP contribution in [0.2, 0.25) is 0 Å². The summed E-state index contributed by atoms with van der Waals surface area (Å²) in [6.45, 7) is 7.46. The van der Waals surface area contributed by atoms with Crippen molar-refractivity contribution in [1.82, 2.24) is 5.01 Å². The van der Waals surface area contributed by atoms with E-state index in [-0.39, 0.29) is 5.91 Å². The van der Waals surface area contributed by atoms with Crippen LogP contribution >= 0.6 is 0 Å². The maximum absolute atomic E-state index is 12.5. The van der Waals surface area contributed by atoms with Crippen molar-refractivity contribution in [2.24, 2.45) is 0 Å². The molecule has 1 aliphatic heterocycles. The molecule has 0 saturated carbocycles.